The van der Waals surface area contributed by atoms with Crippen molar-refractivity contribution in [3.05, 3.63) is 33.9 Å². The van der Waals surface area contributed by atoms with Crippen molar-refractivity contribution in [3.63, 3.8) is 0 Å². The van der Waals surface area contributed by atoms with E-state index < -0.39 is 0 Å². The molecule has 0 spiro atoms. The standard InChI is InChI=1S/C11H11N5S/c1-7-16-9(6-17-7)5-15-11-10(13)8(4-12)2-3-14-11/h2-3,6H,5,13H2,1H3,(H,14,15). The molecule has 0 radical (unpaired) electrons. The van der Waals surface area contributed by atoms with Crippen molar-refractivity contribution in [2.75, 3.05) is 11.1 Å². The van der Waals surface area contributed by atoms with Crippen molar-refractivity contribution in [2.45, 2.75) is 13.5 Å². The number of aromatic nitrogens is 2. The minimum atomic E-state index is 0.377. The zero-order valence-corrected chi connectivity index (χ0v) is 10.1. The molecule has 0 aromatic carbocycles. The Balaban J connectivity index is 2.12. The Kier molecular flexibility index (Phi) is 3.21. The lowest BCUT2D eigenvalue weighted by Crippen LogP contribution is -2.06. The van der Waals surface area contributed by atoms with Gasteiger partial charge >= 0.3 is 0 Å². The van der Waals surface area contributed by atoms with Gasteiger partial charge < -0.3 is 11.1 Å². The number of anilines is 2. The minimum Gasteiger partial charge on any atom is -0.395 e. The zero-order valence-electron chi connectivity index (χ0n) is 9.27. The van der Waals surface area contributed by atoms with Crippen molar-refractivity contribution in [1.82, 2.24) is 9.97 Å². The SMILES string of the molecule is Cc1nc(CNc2nccc(C#N)c2N)cs1. The highest BCUT2D eigenvalue weighted by atomic mass is 32.1. The Hall–Kier alpha value is -2.13. The topological polar surface area (TPSA) is 87.6 Å². The number of nitrogens with two attached hydrogens (primary N) is 1. The molecule has 17 heavy (non-hydrogen) atoms. The van der Waals surface area contributed by atoms with Gasteiger partial charge in [-0.3, -0.25) is 0 Å². The van der Waals surface area contributed by atoms with Crippen LogP contribution in [0.4, 0.5) is 11.5 Å². The number of thiazole rings is 1. The van der Waals surface area contributed by atoms with E-state index >= 15 is 0 Å². The Bertz CT molecular complexity index is 569. The first-order valence-corrected chi connectivity index (χ1v) is 5.88. The molecule has 2 rings (SSSR count). The van der Waals surface area contributed by atoms with Crippen LogP contribution in [0.25, 0.3) is 0 Å². The minimum absolute atomic E-state index is 0.377. The molecule has 5 nitrogen and oxygen atoms in total. The molecule has 0 amide bonds. The molecule has 0 unspecified atom stereocenters. The van der Waals surface area contributed by atoms with Gasteiger partial charge in [0, 0.05) is 11.6 Å². The van der Waals surface area contributed by atoms with Gasteiger partial charge in [0.05, 0.1) is 28.5 Å². The summed E-state index contributed by atoms with van der Waals surface area (Å²) in [4.78, 5) is 8.42. The highest BCUT2D eigenvalue weighted by Gasteiger charge is 2.06. The first kappa shape index (κ1) is 11.4. The molecule has 2 aromatic rings. The number of nitrogens with zero attached hydrogens (tertiary/aromatic N) is 3. The number of hydrogen-bond donors (Lipinski definition) is 2. The van der Waals surface area contributed by atoms with Crippen molar-refractivity contribution in [1.29, 1.82) is 5.26 Å². The van der Waals surface area contributed by atoms with Crippen LogP contribution in [0.15, 0.2) is 17.6 Å². The summed E-state index contributed by atoms with van der Waals surface area (Å²) in [7, 11) is 0. The maximum absolute atomic E-state index is 8.84. The van der Waals surface area contributed by atoms with Gasteiger partial charge in [0.25, 0.3) is 0 Å². The fourth-order valence-corrected chi connectivity index (χ4v) is 1.99. The third-order valence-electron chi connectivity index (χ3n) is 2.21. The van der Waals surface area contributed by atoms with Gasteiger partial charge in [0.15, 0.2) is 5.82 Å². The molecule has 0 atom stereocenters. The van der Waals surface area contributed by atoms with Crippen LogP contribution in [0.3, 0.4) is 0 Å². The molecule has 0 saturated carbocycles. The summed E-state index contributed by atoms with van der Waals surface area (Å²) in [5.74, 6) is 0.523. The fraction of sp³-hybridized carbons (Fsp3) is 0.182. The number of aryl methyl sites for hydroxylation is 1. The fourth-order valence-electron chi connectivity index (χ4n) is 1.38. The molecule has 3 N–H and O–H groups in total. The number of nitrogens with one attached hydrogen (secondary N) is 1. The van der Waals surface area contributed by atoms with E-state index in [2.05, 4.69) is 15.3 Å². The largest absolute Gasteiger partial charge is 0.395 e. The third kappa shape index (κ3) is 2.52. The number of rotatable bonds is 3. The van der Waals surface area contributed by atoms with Crippen molar-refractivity contribution < 1.29 is 0 Å². The monoisotopic (exact) mass is 245 g/mol. The second kappa shape index (κ2) is 4.80. The van der Waals surface area contributed by atoms with E-state index in [-0.39, 0.29) is 0 Å². The molecule has 6 heteroatoms. The van der Waals surface area contributed by atoms with Gasteiger partial charge in [-0.1, -0.05) is 0 Å². The van der Waals surface area contributed by atoms with Crippen molar-refractivity contribution >= 4 is 22.8 Å². The molecule has 0 aliphatic carbocycles. The predicted molar refractivity (Wildman–Crippen MR) is 67.5 cm³/mol. The van der Waals surface area contributed by atoms with Crippen LogP contribution in [0.1, 0.15) is 16.3 Å². The molecule has 86 valence electrons. The second-order valence-electron chi connectivity index (χ2n) is 3.44. The van der Waals surface area contributed by atoms with Crippen LogP contribution in [0, 0.1) is 18.3 Å². The second-order valence-corrected chi connectivity index (χ2v) is 4.51. The normalized spacial score (nSPS) is 9.88. The van der Waals surface area contributed by atoms with E-state index in [1.807, 2.05) is 18.4 Å². The molecule has 0 bridgehead atoms. The Morgan fingerprint density at radius 1 is 1.59 bits per heavy atom. The average Bonchev–Trinajstić information content (AvgIpc) is 2.74. The highest BCUT2D eigenvalue weighted by Crippen LogP contribution is 2.19. The van der Waals surface area contributed by atoms with E-state index in [9.17, 15) is 0 Å². The lowest BCUT2D eigenvalue weighted by molar-refractivity contribution is 1.04. The summed E-state index contributed by atoms with van der Waals surface area (Å²) in [6.45, 7) is 2.51. The summed E-state index contributed by atoms with van der Waals surface area (Å²) in [5.41, 5.74) is 7.54. The van der Waals surface area contributed by atoms with Crippen LogP contribution in [-0.4, -0.2) is 9.97 Å². The van der Waals surface area contributed by atoms with Gasteiger partial charge in [-0.05, 0) is 13.0 Å². The molecule has 2 heterocycles. The van der Waals surface area contributed by atoms with Gasteiger partial charge in [-0.15, -0.1) is 11.3 Å². The number of hydrogen-bond acceptors (Lipinski definition) is 6. The molecule has 0 aliphatic heterocycles. The van der Waals surface area contributed by atoms with Crippen LogP contribution < -0.4 is 11.1 Å². The van der Waals surface area contributed by atoms with E-state index in [4.69, 9.17) is 11.0 Å². The Morgan fingerprint density at radius 3 is 3.06 bits per heavy atom. The number of nitrogen functional groups attached to an aromatic ring is 1. The van der Waals surface area contributed by atoms with Crippen LogP contribution in [0.5, 0.6) is 0 Å². The molecular formula is C11H11N5S. The maximum Gasteiger partial charge on any atom is 0.150 e. The number of nitriles is 1. The average molecular weight is 245 g/mol. The molecule has 0 aliphatic rings. The van der Waals surface area contributed by atoms with Crippen LogP contribution >= 0.6 is 11.3 Å². The smallest absolute Gasteiger partial charge is 0.150 e. The van der Waals surface area contributed by atoms with E-state index in [1.54, 1.807) is 23.6 Å². The molecule has 2 aromatic heterocycles. The molecule has 0 saturated heterocycles. The van der Waals surface area contributed by atoms with Gasteiger partial charge in [0.2, 0.25) is 0 Å². The van der Waals surface area contributed by atoms with Crippen molar-refractivity contribution in [2.24, 2.45) is 0 Å². The first-order valence-electron chi connectivity index (χ1n) is 5.00. The zero-order chi connectivity index (χ0) is 12.3. The summed E-state index contributed by atoms with van der Waals surface area (Å²) in [5, 5.41) is 14.9. The van der Waals surface area contributed by atoms with E-state index in [0.29, 0.717) is 23.6 Å². The van der Waals surface area contributed by atoms with Gasteiger partial charge in [-0.2, -0.15) is 5.26 Å². The lowest BCUT2D eigenvalue weighted by Gasteiger charge is -2.07. The predicted octanol–water partition coefficient (Wildman–Crippen LogP) is 1.91. The summed E-state index contributed by atoms with van der Waals surface area (Å²) in [6.07, 6.45) is 1.56. The maximum atomic E-state index is 8.84. The van der Waals surface area contributed by atoms with Gasteiger partial charge in [0.1, 0.15) is 6.07 Å². The van der Waals surface area contributed by atoms with E-state index in [0.717, 1.165) is 10.7 Å². The van der Waals surface area contributed by atoms with Gasteiger partial charge in [-0.25, -0.2) is 9.97 Å². The summed E-state index contributed by atoms with van der Waals surface area (Å²) >= 11 is 1.60. The Morgan fingerprint density at radius 2 is 2.41 bits per heavy atom. The molecule has 0 fully saturated rings. The van der Waals surface area contributed by atoms with Crippen LogP contribution in [-0.2, 0) is 6.54 Å². The van der Waals surface area contributed by atoms with Crippen molar-refractivity contribution in [3.8, 4) is 6.07 Å². The summed E-state index contributed by atoms with van der Waals surface area (Å²) < 4.78 is 0. The lowest BCUT2D eigenvalue weighted by atomic mass is 10.2. The highest BCUT2D eigenvalue weighted by molar-refractivity contribution is 7.09. The van der Waals surface area contributed by atoms with Crippen LogP contribution in [0.2, 0.25) is 0 Å². The molecular weight excluding hydrogens is 234 g/mol. The first-order chi connectivity index (χ1) is 8.20. The summed E-state index contributed by atoms with van der Waals surface area (Å²) in [6, 6.07) is 3.61. The third-order valence-corrected chi connectivity index (χ3v) is 3.04. The quantitative estimate of drug-likeness (QED) is 0.862. The Labute approximate surface area is 103 Å². The van der Waals surface area contributed by atoms with E-state index in [1.165, 1.54) is 0 Å². The number of pyridine rings is 1.